The highest BCUT2D eigenvalue weighted by Gasteiger charge is 2.26. The number of carbonyl (C=O) groups is 2. The summed E-state index contributed by atoms with van der Waals surface area (Å²) in [5.41, 5.74) is 1.81. The van der Waals surface area contributed by atoms with E-state index in [0.717, 1.165) is 5.56 Å². The Balaban J connectivity index is 1.60. The van der Waals surface area contributed by atoms with E-state index in [0.29, 0.717) is 32.9 Å². The number of ketones is 1. The zero-order chi connectivity index (χ0) is 23.6. The molecule has 0 radical (unpaired) electrons. The van der Waals surface area contributed by atoms with Gasteiger partial charge in [-0.05, 0) is 37.6 Å². The number of amides is 1. The average molecular weight is 464 g/mol. The number of rotatable bonds is 7. The molecule has 0 aliphatic heterocycles. The van der Waals surface area contributed by atoms with Crippen molar-refractivity contribution in [3.8, 4) is 0 Å². The molecule has 0 atom stereocenters. The number of aromatic nitrogens is 4. The third-order valence-corrected chi connectivity index (χ3v) is 5.57. The second-order valence-electron chi connectivity index (χ2n) is 8.29. The number of carbonyl (C=O) groups excluding carboxylic acids is 2. The summed E-state index contributed by atoms with van der Waals surface area (Å²) in [5.74, 6) is -0.526. The van der Waals surface area contributed by atoms with Gasteiger partial charge in [-0.3, -0.25) is 14.6 Å². The summed E-state index contributed by atoms with van der Waals surface area (Å²) in [6, 6.07) is 8.60. The maximum absolute atomic E-state index is 13.4. The summed E-state index contributed by atoms with van der Waals surface area (Å²) in [4.78, 5) is 38.3. The van der Waals surface area contributed by atoms with E-state index in [2.05, 4.69) is 20.3 Å². The van der Waals surface area contributed by atoms with Crippen molar-refractivity contribution in [3.05, 3.63) is 83.2 Å². The first kappa shape index (κ1) is 22.6. The number of aliphatic hydroxyl groups is 1. The lowest BCUT2D eigenvalue weighted by Gasteiger charge is -2.24. The number of nitrogens with one attached hydrogen (secondary N) is 1. The predicted octanol–water partition coefficient (Wildman–Crippen LogP) is 3.62. The molecule has 2 N–H and O–H groups in total. The standard InChI is InChI=1S/C24H22ClN5O3/c1-24(2,13-31)30-12-20(19-11-27-14-28-23(19)30)22(33)16-8-18(10-26-9-16)29-21(32)7-15-3-5-17(25)6-4-15/h3-6,8-12,14,31H,7,13H2,1-2H3,(H,29,32). The van der Waals surface area contributed by atoms with E-state index >= 15 is 0 Å². The SMILES string of the molecule is CC(C)(CO)n1cc(C(=O)c2cncc(NC(=O)Cc3ccc(Cl)cc3)c2)c2cncnc21. The number of halogens is 1. The Morgan fingerprint density at radius 1 is 1.12 bits per heavy atom. The van der Waals surface area contributed by atoms with Gasteiger partial charge < -0.3 is 15.0 Å². The fourth-order valence-electron chi connectivity index (χ4n) is 3.46. The lowest BCUT2D eigenvalue weighted by Crippen LogP contribution is -2.30. The molecule has 1 aromatic carbocycles. The van der Waals surface area contributed by atoms with Crippen LogP contribution in [0.2, 0.25) is 5.02 Å². The van der Waals surface area contributed by atoms with E-state index in [1.165, 1.54) is 18.7 Å². The van der Waals surface area contributed by atoms with Crippen molar-refractivity contribution < 1.29 is 14.7 Å². The number of fused-ring (bicyclic) bond motifs is 1. The van der Waals surface area contributed by atoms with Gasteiger partial charge in [-0.1, -0.05) is 23.7 Å². The van der Waals surface area contributed by atoms with Gasteiger partial charge in [0, 0.05) is 34.6 Å². The summed E-state index contributed by atoms with van der Waals surface area (Å²) >= 11 is 5.88. The number of aliphatic hydroxyl groups excluding tert-OH is 1. The predicted molar refractivity (Wildman–Crippen MR) is 125 cm³/mol. The highest BCUT2D eigenvalue weighted by atomic mass is 35.5. The van der Waals surface area contributed by atoms with Gasteiger partial charge >= 0.3 is 0 Å². The smallest absolute Gasteiger partial charge is 0.228 e. The molecule has 4 aromatic rings. The molecule has 168 valence electrons. The van der Waals surface area contributed by atoms with Crippen molar-refractivity contribution in [2.75, 3.05) is 11.9 Å². The van der Waals surface area contributed by atoms with Crippen LogP contribution in [0.25, 0.3) is 11.0 Å². The van der Waals surface area contributed by atoms with E-state index in [9.17, 15) is 14.7 Å². The third-order valence-electron chi connectivity index (χ3n) is 5.31. The number of hydrogen-bond acceptors (Lipinski definition) is 6. The molecule has 0 aliphatic carbocycles. The molecule has 3 heterocycles. The fraction of sp³-hybridized carbons (Fsp3) is 0.208. The zero-order valence-electron chi connectivity index (χ0n) is 18.1. The number of pyridine rings is 1. The maximum Gasteiger partial charge on any atom is 0.228 e. The molecule has 4 rings (SSSR count). The second kappa shape index (κ2) is 9.09. The van der Waals surface area contributed by atoms with Gasteiger partial charge in [0.1, 0.15) is 12.0 Å². The van der Waals surface area contributed by atoms with Crippen LogP contribution in [0.3, 0.4) is 0 Å². The van der Waals surface area contributed by atoms with Crippen LogP contribution in [0.15, 0.2) is 61.4 Å². The minimum Gasteiger partial charge on any atom is -0.394 e. The zero-order valence-corrected chi connectivity index (χ0v) is 18.9. The quantitative estimate of drug-likeness (QED) is 0.405. The summed E-state index contributed by atoms with van der Waals surface area (Å²) in [5, 5.41) is 13.8. The minimum atomic E-state index is -0.666. The molecular formula is C24H22ClN5O3. The molecule has 0 aliphatic rings. The van der Waals surface area contributed by atoms with Gasteiger partial charge in [-0.15, -0.1) is 0 Å². The third kappa shape index (κ3) is 4.76. The summed E-state index contributed by atoms with van der Waals surface area (Å²) in [6.07, 6.45) is 7.74. The number of anilines is 1. The summed E-state index contributed by atoms with van der Waals surface area (Å²) in [6.45, 7) is 3.56. The van der Waals surface area contributed by atoms with Crippen molar-refractivity contribution in [1.82, 2.24) is 19.5 Å². The summed E-state index contributed by atoms with van der Waals surface area (Å²) < 4.78 is 1.77. The molecule has 0 bridgehead atoms. The monoisotopic (exact) mass is 463 g/mol. The van der Waals surface area contributed by atoms with Gasteiger partial charge in [0.2, 0.25) is 5.91 Å². The number of benzene rings is 1. The van der Waals surface area contributed by atoms with Crippen molar-refractivity contribution in [2.45, 2.75) is 25.8 Å². The minimum absolute atomic E-state index is 0.134. The molecule has 0 saturated carbocycles. The average Bonchev–Trinajstić information content (AvgIpc) is 3.21. The van der Waals surface area contributed by atoms with Gasteiger partial charge in [-0.2, -0.15) is 0 Å². The van der Waals surface area contributed by atoms with E-state index in [4.69, 9.17) is 11.6 Å². The lowest BCUT2D eigenvalue weighted by molar-refractivity contribution is -0.115. The van der Waals surface area contributed by atoms with Crippen molar-refractivity contribution in [3.63, 3.8) is 0 Å². The first-order valence-electron chi connectivity index (χ1n) is 10.2. The van der Waals surface area contributed by atoms with Gasteiger partial charge in [0.25, 0.3) is 0 Å². The molecule has 9 heteroatoms. The van der Waals surface area contributed by atoms with Crippen LogP contribution in [0.4, 0.5) is 5.69 Å². The molecule has 3 aromatic heterocycles. The van der Waals surface area contributed by atoms with E-state index in [1.807, 2.05) is 13.8 Å². The summed E-state index contributed by atoms with van der Waals surface area (Å²) in [7, 11) is 0. The maximum atomic E-state index is 13.4. The Hall–Kier alpha value is -3.62. The first-order chi connectivity index (χ1) is 15.8. The topological polar surface area (TPSA) is 110 Å². The van der Waals surface area contributed by atoms with Crippen LogP contribution in [-0.4, -0.2) is 42.9 Å². The first-order valence-corrected chi connectivity index (χ1v) is 10.6. The molecule has 8 nitrogen and oxygen atoms in total. The molecule has 0 spiro atoms. The number of nitrogens with zero attached hydrogens (tertiary/aromatic N) is 4. The van der Waals surface area contributed by atoms with Crippen LogP contribution in [0.5, 0.6) is 0 Å². The Labute approximate surface area is 195 Å². The second-order valence-corrected chi connectivity index (χ2v) is 8.72. The van der Waals surface area contributed by atoms with Gasteiger partial charge in [0.15, 0.2) is 5.78 Å². The van der Waals surface area contributed by atoms with Crippen LogP contribution in [0, 0.1) is 0 Å². The number of hydrogen-bond donors (Lipinski definition) is 2. The van der Waals surface area contributed by atoms with Gasteiger partial charge in [-0.25, -0.2) is 9.97 Å². The highest BCUT2D eigenvalue weighted by Crippen LogP contribution is 2.27. The van der Waals surface area contributed by atoms with Crippen molar-refractivity contribution in [1.29, 1.82) is 0 Å². The van der Waals surface area contributed by atoms with Crippen LogP contribution in [0.1, 0.15) is 35.3 Å². The van der Waals surface area contributed by atoms with E-state index in [1.54, 1.807) is 47.3 Å². The normalized spacial score (nSPS) is 11.5. The molecular weight excluding hydrogens is 442 g/mol. The van der Waals surface area contributed by atoms with Crippen LogP contribution >= 0.6 is 11.6 Å². The molecule has 0 fully saturated rings. The van der Waals surface area contributed by atoms with Gasteiger partial charge in [0.05, 0.1) is 36.0 Å². The molecule has 33 heavy (non-hydrogen) atoms. The largest absolute Gasteiger partial charge is 0.394 e. The highest BCUT2D eigenvalue weighted by molar-refractivity contribution is 6.30. The fourth-order valence-corrected chi connectivity index (χ4v) is 3.59. The Morgan fingerprint density at radius 3 is 2.61 bits per heavy atom. The molecule has 0 saturated heterocycles. The Bertz CT molecular complexity index is 1330. The van der Waals surface area contributed by atoms with Crippen LogP contribution in [-0.2, 0) is 16.8 Å². The van der Waals surface area contributed by atoms with Crippen LogP contribution < -0.4 is 5.32 Å². The Kier molecular flexibility index (Phi) is 6.22. The van der Waals surface area contributed by atoms with E-state index < -0.39 is 5.54 Å². The molecule has 1 amide bonds. The van der Waals surface area contributed by atoms with E-state index in [-0.39, 0.29) is 24.7 Å². The molecule has 0 unspecified atom stereocenters. The van der Waals surface area contributed by atoms with Crippen molar-refractivity contribution in [2.24, 2.45) is 0 Å². The van der Waals surface area contributed by atoms with Crippen molar-refractivity contribution >= 4 is 40.0 Å². The lowest BCUT2D eigenvalue weighted by atomic mass is 10.1. The Morgan fingerprint density at radius 2 is 1.88 bits per heavy atom.